The molecule has 2 aromatic rings. The number of nitrogens with one attached hydrogen (secondary N) is 1. The van der Waals surface area contributed by atoms with Crippen LogP contribution in [-0.4, -0.2) is 42.8 Å². The predicted molar refractivity (Wildman–Crippen MR) is 129 cm³/mol. The number of imidazole rings is 1. The van der Waals surface area contributed by atoms with Crippen LogP contribution in [-0.2, 0) is 9.22 Å². The molecule has 0 spiro atoms. The zero-order valence-electron chi connectivity index (χ0n) is 20.0. The number of carbonyl (C=O) groups is 1. The molecule has 2 saturated heterocycles. The molecule has 2 aromatic heterocycles. The first-order chi connectivity index (χ1) is 15.1. The van der Waals surface area contributed by atoms with Crippen LogP contribution in [0.15, 0.2) is 18.5 Å². The normalized spacial score (nSPS) is 30.4. The molecule has 6 rings (SSSR count). The zero-order chi connectivity index (χ0) is 22.4. The number of nitrogens with zero attached hydrogens (tertiary/aromatic N) is 3. The van der Waals surface area contributed by atoms with Crippen LogP contribution >= 0.6 is 0 Å². The van der Waals surface area contributed by atoms with Crippen molar-refractivity contribution in [2.75, 3.05) is 18.0 Å². The molecule has 4 aliphatic rings. The summed E-state index contributed by atoms with van der Waals surface area (Å²) in [5.41, 5.74) is 4.36. The Balaban J connectivity index is 1.28. The number of carbonyl (C=O) groups excluding carboxylic acids is 1. The van der Waals surface area contributed by atoms with Crippen LogP contribution in [0.3, 0.4) is 0 Å². The molecule has 4 unspecified atom stereocenters. The predicted octanol–water partition coefficient (Wildman–Crippen LogP) is 4.62. The van der Waals surface area contributed by atoms with Crippen molar-refractivity contribution in [2.45, 2.75) is 82.7 Å². The van der Waals surface area contributed by atoms with E-state index in [0.717, 1.165) is 43.0 Å². The van der Waals surface area contributed by atoms with Gasteiger partial charge in [0.2, 0.25) is 5.91 Å². The quantitative estimate of drug-likeness (QED) is 0.673. The zero-order valence-corrected chi connectivity index (χ0v) is 21.0. The Morgan fingerprint density at radius 2 is 1.97 bits per heavy atom. The molecule has 2 saturated carbocycles. The fourth-order valence-electron chi connectivity index (χ4n) is 5.23. The number of rotatable bonds is 5. The molecule has 0 aromatic carbocycles. The molecule has 2 aliphatic heterocycles. The van der Waals surface area contributed by atoms with E-state index in [1.807, 2.05) is 4.90 Å². The third kappa shape index (κ3) is 3.44. The molecular formula is C25H36N4O2Si. The summed E-state index contributed by atoms with van der Waals surface area (Å²) in [5, 5.41) is 3.87. The highest BCUT2D eigenvalue weighted by Gasteiger charge is 2.53. The first-order valence-corrected chi connectivity index (χ1v) is 15.3. The summed E-state index contributed by atoms with van der Waals surface area (Å²) in [7, 11) is -1.79. The van der Waals surface area contributed by atoms with E-state index in [9.17, 15) is 4.79 Å². The van der Waals surface area contributed by atoms with E-state index in [4.69, 9.17) is 9.41 Å². The second kappa shape index (κ2) is 6.90. The Morgan fingerprint density at radius 3 is 2.62 bits per heavy atom. The van der Waals surface area contributed by atoms with Crippen LogP contribution in [0.1, 0.15) is 69.7 Å². The lowest BCUT2D eigenvalue weighted by Crippen LogP contribution is -2.44. The summed E-state index contributed by atoms with van der Waals surface area (Å²) in [5.74, 6) is 1.77. The second-order valence-electron chi connectivity index (χ2n) is 12.1. The topological polar surface area (TPSA) is 58.9 Å². The van der Waals surface area contributed by atoms with Gasteiger partial charge in [-0.3, -0.25) is 4.79 Å². The number of amides is 1. The van der Waals surface area contributed by atoms with E-state index < -0.39 is 8.32 Å². The van der Waals surface area contributed by atoms with Gasteiger partial charge < -0.3 is 19.0 Å². The summed E-state index contributed by atoms with van der Waals surface area (Å²) in [4.78, 5) is 20.0. The van der Waals surface area contributed by atoms with Crippen molar-refractivity contribution in [3.8, 4) is 0 Å². The lowest BCUT2D eigenvalue weighted by molar-refractivity contribution is -0.118. The molecule has 0 radical (unpaired) electrons. The summed E-state index contributed by atoms with van der Waals surface area (Å²) >= 11 is 0. The van der Waals surface area contributed by atoms with Gasteiger partial charge in [0, 0.05) is 31.4 Å². The minimum absolute atomic E-state index is 0.199. The largest absolute Gasteiger partial charge is 0.413 e. The maximum Gasteiger partial charge on any atom is 0.230 e. The Morgan fingerprint density at radius 1 is 1.19 bits per heavy atom. The fraction of sp³-hybridized carbons (Fsp3) is 0.680. The molecule has 1 N–H and O–H groups in total. The smallest absolute Gasteiger partial charge is 0.230 e. The lowest BCUT2D eigenvalue weighted by Gasteiger charge is -2.38. The summed E-state index contributed by atoms with van der Waals surface area (Å²) in [6.07, 6.45) is 9.19. The van der Waals surface area contributed by atoms with Gasteiger partial charge in [-0.2, -0.15) is 0 Å². The molecular weight excluding hydrogens is 416 g/mol. The van der Waals surface area contributed by atoms with E-state index in [0.29, 0.717) is 17.7 Å². The number of hydrogen-bond acceptors (Lipinski definition) is 4. The molecule has 4 fully saturated rings. The Kier molecular flexibility index (Phi) is 4.50. The number of fused-ring (bicyclic) bond motifs is 2. The van der Waals surface area contributed by atoms with Crippen LogP contribution in [0.5, 0.6) is 0 Å². The van der Waals surface area contributed by atoms with Crippen LogP contribution in [0.25, 0.3) is 5.65 Å². The summed E-state index contributed by atoms with van der Waals surface area (Å²) < 4.78 is 8.85. The van der Waals surface area contributed by atoms with Crippen molar-refractivity contribution < 1.29 is 9.22 Å². The van der Waals surface area contributed by atoms with E-state index in [1.54, 1.807) is 0 Å². The second-order valence-corrected chi connectivity index (χ2v) is 16.8. The molecule has 7 heteroatoms. The van der Waals surface area contributed by atoms with E-state index >= 15 is 0 Å². The van der Waals surface area contributed by atoms with Crippen LogP contribution in [0.4, 0.5) is 5.69 Å². The Labute approximate surface area is 191 Å². The Hall–Kier alpha value is -1.70. The van der Waals surface area contributed by atoms with Gasteiger partial charge in [-0.05, 0) is 67.3 Å². The van der Waals surface area contributed by atoms with Gasteiger partial charge in [0.15, 0.2) is 14.0 Å². The fourth-order valence-corrected chi connectivity index (χ4v) is 6.60. The molecule has 172 valence electrons. The number of pyridine rings is 1. The Bertz CT molecular complexity index is 1080. The van der Waals surface area contributed by atoms with Gasteiger partial charge in [-0.1, -0.05) is 20.8 Å². The van der Waals surface area contributed by atoms with Gasteiger partial charge in [0.05, 0.1) is 23.5 Å². The van der Waals surface area contributed by atoms with Crippen LogP contribution in [0.2, 0.25) is 18.1 Å². The standard InChI is InChI=1S/C25H36N4O2Si/c1-25(2,3)32(4,5)31-18-10-20(26-11-18)21-14-28-12-16(15-6-7-15)9-22(23(28)27-21)29-13-17-8-19(17)24(29)30/h9,12,14-15,17-20,26H,6-8,10-11,13H2,1-5H3. The van der Waals surface area contributed by atoms with Gasteiger partial charge in [0.1, 0.15) is 0 Å². The maximum atomic E-state index is 12.9. The van der Waals surface area contributed by atoms with Gasteiger partial charge >= 0.3 is 0 Å². The van der Waals surface area contributed by atoms with E-state index in [-0.39, 0.29) is 23.1 Å². The van der Waals surface area contributed by atoms with Crippen molar-refractivity contribution in [3.63, 3.8) is 0 Å². The van der Waals surface area contributed by atoms with E-state index in [2.05, 4.69) is 62.0 Å². The van der Waals surface area contributed by atoms with Crippen LogP contribution < -0.4 is 10.2 Å². The van der Waals surface area contributed by atoms with Crippen LogP contribution in [0, 0.1) is 11.8 Å². The van der Waals surface area contributed by atoms with E-state index in [1.165, 1.54) is 18.4 Å². The first kappa shape index (κ1) is 20.9. The average molecular weight is 453 g/mol. The number of aromatic nitrogens is 2. The van der Waals surface area contributed by atoms with Gasteiger partial charge in [-0.15, -0.1) is 0 Å². The first-order valence-electron chi connectivity index (χ1n) is 12.4. The molecule has 32 heavy (non-hydrogen) atoms. The molecule has 4 atom stereocenters. The number of hydrogen-bond donors (Lipinski definition) is 1. The maximum absolute atomic E-state index is 12.9. The third-order valence-electron chi connectivity index (χ3n) is 8.55. The third-order valence-corrected chi connectivity index (χ3v) is 13.1. The van der Waals surface area contributed by atoms with Gasteiger partial charge in [-0.25, -0.2) is 4.98 Å². The molecule has 0 bridgehead atoms. The minimum atomic E-state index is -1.79. The van der Waals surface area contributed by atoms with Crippen molar-refractivity contribution in [1.82, 2.24) is 14.7 Å². The highest BCUT2D eigenvalue weighted by Crippen LogP contribution is 2.49. The molecule has 6 nitrogen and oxygen atoms in total. The average Bonchev–Trinajstić information content (AvgIpc) is 3.58. The van der Waals surface area contributed by atoms with Crippen molar-refractivity contribution in [3.05, 3.63) is 29.7 Å². The summed E-state index contributed by atoms with van der Waals surface area (Å²) in [6.45, 7) is 13.3. The minimum Gasteiger partial charge on any atom is -0.413 e. The molecule has 1 amide bonds. The number of piperidine rings is 1. The van der Waals surface area contributed by atoms with Crippen molar-refractivity contribution >= 4 is 25.6 Å². The summed E-state index contributed by atoms with van der Waals surface area (Å²) in [6, 6.07) is 2.45. The highest BCUT2D eigenvalue weighted by molar-refractivity contribution is 6.74. The van der Waals surface area contributed by atoms with Crippen molar-refractivity contribution in [2.24, 2.45) is 11.8 Å². The SMILES string of the molecule is CC(C)(C)[Si](C)(C)OC1CNC(c2cn3cc(C4CC4)cc(N4CC5CC5C4=O)c3n2)C1. The molecule has 4 heterocycles. The lowest BCUT2D eigenvalue weighted by atomic mass is 10.1. The monoisotopic (exact) mass is 452 g/mol. The van der Waals surface area contributed by atoms with Gasteiger partial charge in [0.25, 0.3) is 0 Å². The molecule has 2 aliphatic carbocycles. The van der Waals surface area contributed by atoms with Crippen molar-refractivity contribution in [1.29, 1.82) is 0 Å². The highest BCUT2D eigenvalue weighted by atomic mass is 28.4. The number of anilines is 1.